The number of benzene rings is 1. The summed E-state index contributed by atoms with van der Waals surface area (Å²) in [5.41, 5.74) is 6.04. The minimum absolute atomic E-state index is 0.00666. The highest BCUT2D eigenvalue weighted by atomic mass is 16.6. The molecule has 0 spiro atoms. The number of ether oxygens (including phenoxy) is 1. The van der Waals surface area contributed by atoms with Crippen LogP contribution in [0.5, 0.6) is 5.75 Å². The van der Waals surface area contributed by atoms with E-state index in [2.05, 4.69) is 0 Å². The minimum atomic E-state index is -0.491. The molecule has 0 amide bonds. The number of rotatable bonds is 5. The maximum absolute atomic E-state index is 10.8. The molecule has 0 aliphatic rings. The van der Waals surface area contributed by atoms with Crippen molar-refractivity contribution in [2.75, 3.05) is 0 Å². The number of nitrogens with two attached hydrogens (primary N) is 1. The lowest BCUT2D eigenvalue weighted by atomic mass is 10.2. The minimum Gasteiger partial charge on any atom is -0.483 e. The van der Waals surface area contributed by atoms with Crippen LogP contribution in [0.2, 0.25) is 0 Å². The van der Waals surface area contributed by atoms with Crippen LogP contribution >= 0.6 is 0 Å². The Hall–Kier alpha value is -2.11. The van der Waals surface area contributed by atoms with Gasteiger partial charge in [0.1, 0.15) is 6.10 Å². The number of hydrogen-bond acceptors (Lipinski definition) is 4. The first-order valence-electron chi connectivity index (χ1n) is 5.14. The van der Waals surface area contributed by atoms with E-state index in [0.29, 0.717) is 0 Å². The molecule has 1 aromatic carbocycles. The first-order valence-corrected chi connectivity index (χ1v) is 5.14. The summed E-state index contributed by atoms with van der Waals surface area (Å²) >= 11 is 0. The van der Waals surface area contributed by atoms with Crippen molar-refractivity contribution in [3.63, 3.8) is 0 Å². The van der Waals surface area contributed by atoms with Gasteiger partial charge in [0.15, 0.2) is 5.75 Å². The molecule has 0 fully saturated rings. The summed E-state index contributed by atoms with van der Waals surface area (Å²) in [5.74, 6) is 0.205. The van der Waals surface area contributed by atoms with Crippen LogP contribution < -0.4 is 10.5 Å². The summed E-state index contributed by atoms with van der Waals surface area (Å²) in [4.78, 5) is 10.3. The molecular formula is C11H15N3O3. The second-order valence-corrected chi connectivity index (χ2v) is 3.89. The molecule has 0 bridgehead atoms. The van der Waals surface area contributed by atoms with Gasteiger partial charge in [0, 0.05) is 12.5 Å². The van der Waals surface area contributed by atoms with Crippen LogP contribution in [0.15, 0.2) is 18.2 Å². The maximum Gasteiger partial charge on any atom is 0.310 e. The second-order valence-electron chi connectivity index (χ2n) is 3.89. The Morgan fingerprint density at radius 3 is 2.82 bits per heavy atom. The smallest absolute Gasteiger partial charge is 0.310 e. The van der Waals surface area contributed by atoms with Crippen molar-refractivity contribution in [1.29, 1.82) is 5.41 Å². The average Bonchev–Trinajstić information content (AvgIpc) is 2.15. The number of aryl methyl sites for hydroxylation is 1. The van der Waals surface area contributed by atoms with Gasteiger partial charge < -0.3 is 10.5 Å². The number of nitro groups is 1. The summed E-state index contributed by atoms with van der Waals surface area (Å²) in [6.45, 7) is 3.54. The van der Waals surface area contributed by atoms with Crippen molar-refractivity contribution in [1.82, 2.24) is 0 Å². The molecule has 17 heavy (non-hydrogen) atoms. The number of hydrogen-bond donors (Lipinski definition) is 2. The second kappa shape index (κ2) is 5.29. The topological polar surface area (TPSA) is 102 Å². The van der Waals surface area contributed by atoms with Gasteiger partial charge in [-0.05, 0) is 25.5 Å². The Bertz CT molecular complexity index is 446. The highest BCUT2D eigenvalue weighted by molar-refractivity contribution is 5.77. The number of nitrogens with zero attached hydrogens (tertiary/aromatic N) is 1. The summed E-state index contributed by atoms with van der Waals surface area (Å²) in [6, 6.07) is 4.67. The summed E-state index contributed by atoms with van der Waals surface area (Å²) in [7, 11) is 0. The van der Waals surface area contributed by atoms with Gasteiger partial charge >= 0.3 is 5.69 Å². The van der Waals surface area contributed by atoms with Crippen LogP contribution in [0.25, 0.3) is 0 Å². The lowest BCUT2D eigenvalue weighted by Gasteiger charge is -2.14. The van der Waals surface area contributed by atoms with Gasteiger partial charge in [0.05, 0.1) is 10.8 Å². The highest BCUT2D eigenvalue weighted by Crippen LogP contribution is 2.28. The molecule has 0 aliphatic heterocycles. The monoisotopic (exact) mass is 237 g/mol. The number of amidine groups is 1. The van der Waals surface area contributed by atoms with Crippen molar-refractivity contribution in [3.8, 4) is 5.75 Å². The molecule has 0 heterocycles. The molecule has 1 unspecified atom stereocenters. The fraction of sp³-hybridized carbons (Fsp3) is 0.364. The van der Waals surface area contributed by atoms with Crippen LogP contribution in [0.1, 0.15) is 18.9 Å². The van der Waals surface area contributed by atoms with Crippen LogP contribution in [0, 0.1) is 22.4 Å². The van der Waals surface area contributed by atoms with E-state index < -0.39 is 4.92 Å². The van der Waals surface area contributed by atoms with E-state index in [1.165, 1.54) is 6.07 Å². The zero-order valence-electron chi connectivity index (χ0n) is 9.77. The quantitative estimate of drug-likeness (QED) is 0.354. The van der Waals surface area contributed by atoms with Crippen LogP contribution in [0.3, 0.4) is 0 Å². The van der Waals surface area contributed by atoms with Crippen molar-refractivity contribution >= 4 is 11.5 Å². The first kappa shape index (κ1) is 13.0. The lowest BCUT2D eigenvalue weighted by Crippen LogP contribution is -2.22. The Kier molecular flexibility index (Phi) is 4.03. The third-order valence-electron chi connectivity index (χ3n) is 2.15. The first-order chi connectivity index (χ1) is 7.90. The molecule has 0 aromatic heterocycles. The third-order valence-corrected chi connectivity index (χ3v) is 2.15. The molecule has 0 radical (unpaired) electrons. The molecule has 1 rings (SSSR count). The molecule has 92 valence electrons. The van der Waals surface area contributed by atoms with Crippen molar-refractivity contribution in [3.05, 3.63) is 33.9 Å². The van der Waals surface area contributed by atoms with Crippen molar-refractivity contribution < 1.29 is 9.66 Å². The summed E-state index contributed by atoms with van der Waals surface area (Å²) in [5, 5.41) is 17.9. The van der Waals surface area contributed by atoms with Crippen LogP contribution in [0.4, 0.5) is 5.69 Å². The van der Waals surface area contributed by atoms with E-state index in [4.69, 9.17) is 15.9 Å². The molecule has 0 saturated carbocycles. The van der Waals surface area contributed by atoms with Gasteiger partial charge in [-0.3, -0.25) is 15.5 Å². The van der Waals surface area contributed by atoms with E-state index in [1.807, 2.05) is 6.92 Å². The fourth-order valence-electron chi connectivity index (χ4n) is 1.43. The van der Waals surface area contributed by atoms with E-state index >= 15 is 0 Å². The van der Waals surface area contributed by atoms with Crippen LogP contribution in [-0.2, 0) is 0 Å². The zero-order chi connectivity index (χ0) is 13.0. The average molecular weight is 237 g/mol. The predicted molar refractivity (Wildman–Crippen MR) is 64.5 cm³/mol. The van der Waals surface area contributed by atoms with Gasteiger partial charge in [-0.25, -0.2) is 0 Å². The van der Waals surface area contributed by atoms with Gasteiger partial charge in [-0.2, -0.15) is 0 Å². The molecule has 3 N–H and O–H groups in total. The Morgan fingerprint density at radius 2 is 2.29 bits per heavy atom. The van der Waals surface area contributed by atoms with E-state index in [9.17, 15) is 10.1 Å². The third kappa shape index (κ3) is 3.75. The molecular weight excluding hydrogens is 222 g/mol. The molecule has 1 aromatic rings. The number of nitro benzene ring substituents is 1. The standard InChI is InChI=1S/C11H15N3O3/c1-7-3-4-9(14(15)16)10(5-7)17-8(2)6-11(12)13/h3-5,8H,6H2,1-2H3,(H3,12,13). The fourth-order valence-corrected chi connectivity index (χ4v) is 1.43. The Balaban J connectivity index is 2.92. The van der Waals surface area contributed by atoms with E-state index in [-0.39, 0.29) is 29.8 Å². The summed E-state index contributed by atoms with van der Waals surface area (Å²) < 4.78 is 5.44. The molecule has 6 heteroatoms. The summed E-state index contributed by atoms with van der Waals surface area (Å²) in [6.07, 6.45) is -0.126. The SMILES string of the molecule is Cc1ccc([N+](=O)[O-])c(OC(C)CC(=N)N)c1. The highest BCUT2D eigenvalue weighted by Gasteiger charge is 2.17. The Labute approximate surface area is 99.0 Å². The zero-order valence-corrected chi connectivity index (χ0v) is 9.77. The van der Waals surface area contributed by atoms with Crippen LogP contribution in [-0.4, -0.2) is 16.9 Å². The van der Waals surface area contributed by atoms with E-state index in [1.54, 1.807) is 19.1 Å². The molecule has 0 aliphatic carbocycles. The maximum atomic E-state index is 10.8. The van der Waals surface area contributed by atoms with Crippen molar-refractivity contribution in [2.24, 2.45) is 5.73 Å². The molecule has 1 atom stereocenters. The molecule has 6 nitrogen and oxygen atoms in total. The van der Waals surface area contributed by atoms with E-state index in [0.717, 1.165) is 5.56 Å². The van der Waals surface area contributed by atoms with Gasteiger partial charge in [0.25, 0.3) is 0 Å². The molecule has 0 saturated heterocycles. The number of nitrogens with one attached hydrogen (secondary N) is 1. The van der Waals surface area contributed by atoms with Crippen molar-refractivity contribution in [2.45, 2.75) is 26.4 Å². The van der Waals surface area contributed by atoms with Gasteiger partial charge in [-0.15, -0.1) is 0 Å². The largest absolute Gasteiger partial charge is 0.483 e. The van der Waals surface area contributed by atoms with Gasteiger partial charge in [-0.1, -0.05) is 6.07 Å². The van der Waals surface area contributed by atoms with Gasteiger partial charge in [0.2, 0.25) is 0 Å². The predicted octanol–water partition coefficient (Wildman–Crippen LogP) is 2.00. The normalized spacial score (nSPS) is 11.9. The lowest BCUT2D eigenvalue weighted by molar-refractivity contribution is -0.386. The Morgan fingerprint density at radius 1 is 1.65 bits per heavy atom.